The smallest absolute Gasteiger partial charge is 0.302 e. The van der Waals surface area contributed by atoms with Gasteiger partial charge in [0.05, 0.1) is 13.2 Å². The molecule has 0 aliphatic carbocycles. The average molecular weight is 245 g/mol. The maximum absolute atomic E-state index is 10.7. The Morgan fingerprint density at radius 3 is 1.82 bits per heavy atom. The van der Waals surface area contributed by atoms with Gasteiger partial charge in [0.15, 0.2) is 0 Å². The number of hydrogen-bond donors (Lipinski definition) is 1. The van der Waals surface area contributed by atoms with Crippen LogP contribution in [-0.4, -0.2) is 37.6 Å². The molecule has 6 heteroatoms. The van der Waals surface area contributed by atoms with Gasteiger partial charge in [-0.3, -0.25) is 14.4 Å². The molecule has 0 rings (SSSR count). The van der Waals surface area contributed by atoms with Crippen LogP contribution in [-0.2, 0) is 23.9 Å². The number of rotatable bonds is 7. The second-order valence-corrected chi connectivity index (χ2v) is 3.74. The molecule has 0 radical (unpaired) electrons. The number of ether oxygens (including phenoxy) is 2. The summed E-state index contributed by atoms with van der Waals surface area (Å²) in [6.07, 6.45) is 0.583. The molecule has 1 amide bonds. The Morgan fingerprint density at radius 2 is 1.47 bits per heavy atom. The summed E-state index contributed by atoms with van der Waals surface area (Å²) in [4.78, 5) is 32.0. The zero-order chi connectivity index (χ0) is 13.3. The molecule has 98 valence electrons. The van der Waals surface area contributed by atoms with E-state index in [1.165, 1.54) is 20.8 Å². The van der Waals surface area contributed by atoms with Crippen molar-refractivity contribution in [2.24, 2.45) is 5.92 Å². The molecule has 0 aliphatic rings. The molecule has 0 aromatic rings. The molecule has 0 aromatic carbocycles. The fraction of sp³-hybridized carbons (Fsp3) is 0.727. The minimum absolute atomic E-state index is 0.102. The Hall–Kier alpha value is -1.59. The average Bonchev–Trinajstić information content (AvgIpc) is 2.20. The van der Waals surface area contributed by atoms with Crippen molar-refractivity contribution in [2.75, 3.05) is 19.8 Å². The van der Waals surface area contributed by atoms with Crippen LogP contribution in [0.1, 0.15) is 27.2 Å². The highest BCUT2D eigenvalue weighted by Gasteiger charge is 2.12. The number of nitrogens with one attached hydrogen (secondary N) is 1. The maximum atomic E-state index is 10.7. The first-order chi connectivity index (χ1) is 7.91. The van der Waals surface area contributed by atoms with Gasteiger partial charge in [-0.15, -0.1) is 0 Å². The Bertz CT molecular complexity index is 259. The minimum Gasteiger partial charge on any atom is -0.465 e. The molecule has 17 heavy (non-hydrogen) atoms. The molecule has 0 spiro atoms. The molecule has 0 saturated carbocycles. The molecule has 0 aromatic heterocycles. The fourth-order valence-corrected chi connectivity index (χ4v) is 1.14. The molecule has 0 atom stereocenters. The van der Waals surface area contributed by atoms with Crippen LogP contribution in [0.3, 0.4) is 0 Å². The number of hydrogen-bond acceptors (Lipinski definition) is 5. The standard InChI is InChI=1S/C11H19NO5/c1-8(13)12-5-4-11(6-16-9(2)14)7-17-10(3)15/h11H,4-7H2,1-3H3,(H,12,13). The zero-order valence-corrected chi connectivity index (χ0v) is 10.4. The third-order valence-corrected chi connectivity index (χ3v) is 1.97. The Kier molecular flexibility index (Phi) is 7.75. The van der Waals surface area contributed by atoms with E-state index in [1.807, 2.05) is 0 Å². The summed E-state index contributed by atoms with van der Waals surface area (Å²) < 4.78 is 9.70. The van der Waals surface area contributed by atoms with Crippen LogP contribution in [0.2, 0.25) is 0 Å². The molecule has 0 unspecified atom stereocenters. The van der Waals surface area contributed by atoms with Gasteiger partial charge >= 0.3 is 11.9 Å². The summed E-state index contributed by atoms with van der Waals surface area (Å²) in [5, 5.41) is 2.63. The van der Waals surface area contributed by atoms with Crippen molar-refractivity contribution in [1.29, 1.82) is 0 Å². The maximum Gasteiger partial charge on any atom is 0.302 e. The topological polar surface area (TPSA) is 81.7 Å². The predicted molar refractivity (Wildman–Crippen MR) is 60.1 cm³/mol. The molecular formula is C11H19NO5. The van der Waals surface area contributed by atoms with Gasteiger partial charge in [0.2, 0.25) is 5.91 Å². The summed E-state index contributed by atoms with van der Waals surface area (Å²) in [6.45, 7) is 4.88. The second kappa shape index (κ2) is 8.55. The first-order valence-electron chi connectivity index (χ1n) is 5.43. The van der Waals surface area contributed by atoms with Crippen LogP contribution in [0.25, 0.3) is 0 Å². The monoisotopic (exact) mass is 245 g/mol. The number of carbonyl (C=O) groups is 3. The van der Waals surface area contributed by atoms with Crippen molar-refractivity contribution in [3.63, 3.8) is 0 Å². The normalized spacial score (nSPS) is 9.88. The summed E-state index contributed by atoms with van der Waals surface area (Å²) in [5.41, 5.74) is 0. The second-order valence-electron chi connectivity index (χ2n) is 3.74. The van der Waals surface area contributed by atoms with Gasteiger partial charge in [0.1, 0.15) is 0 Å². The van der Waals surface area contributed by atoms with Crippen molar-refractivity contribution < 1.29 is 23.9 Å². The van der Waals surface area contributed by atoms with Gasteiger partial charge in [0, 0.05) is 33.2 Å². The van der Waals surface area contributed by atoms with Crippen molar-refractivity contribution >= 4 is 17.8 Å². The van der Waals surface area contributed by atoms with E-state index < -0.39 is 0 Å². The van der Waals surface area contributed by atoms with Crippen LogP contribution in [0.15, 0.2) is 0 Å². The van der Waals surface area contributed by atoms with E-state index in [0.717, 1.165) is 0 Å². The van der Waals surface area contributed by atoms with Crippen LogP contribution in [0.5, 0.6) is 0 Å². The van der Waals surface area contributed by atoms with E-state index in [2.05, 4.69) is 5.32 Å². The minimum atomic E-state index is -0.377. The molecular weight excluding hydrogens is 226 g/mol. The lowest BCUT2D eigenvalue weighted by molar-refractivity contribution is -0.146. The lowest BCUT2D eigenvalue weighted by atomic mass is 10.1. The van der Waals surface area contributed by atoms with E-state index in [1.54, 1.807) is 0 Å². The van der Waals surface area contributed by atoms with E-state index >= 15 is 0 Å². The van der Waals surface area contributed by atoms with Crippen molar-refractivity contribution in [2.45, 2.75) is 27.2 Å². The van der Waals surface area contributed by atoms with Crippen LogP contribution in [0, 0.1) is 5.92 Å². The fourth-order valence-electron chi connectivity index (χ4n) is 1.14. The van der Waals surface area contributed by atoms with Gasteiger partial charge in [-0.1, -0.05) is 0 Å². The van der Waals surface area contributed by atoms with Crippen LogP contribution >= 0.6 is 0 Å². The Morgan fingerprint density at radius 1 is 1.00 bits per heavy atom. The van der Waals surface area contributed by atoms with E-state index in [-0.39, 0.29) is 37.0 Å². The molecule has 1 N–H and O–H groups in total. The third-order valence-electron chi connectivity index (χ3n) is 1.97. The molecule has 0 heterocycles. The first kappa shape index (κ1) is 15.4. The predicted octanol–water partition coefficient (Wildman–Crippen LogP) is 0.255. The Labute approximate surface area is 101 Å². The SMILES string of the molecule is CC(=O)NCCC(COC(C)=O)COC(C)=O. The highest BCUT2D eigenvalue weighted by atomic mass is 16.5. The summed E-state index contributed by atoms with van der Waals surface area (Å²) >= 11 is 0. The van der Waals surface area contributed by atoms with Gasteiger partial charge in [-0.05, 0) is 6.42 Å². The zero-order valence-electron chi connectivity index (χ0n) is 10.4. The molecule has 6 nitrogen and oxygen atoms in total. The highest BCUT2D eigenvalue weighted by Crippen LogP contribution is 2.04. The quantitative estimate of drug-likeness (QED) is 0.650. The van der Waals surface area contributed by atoms with Crippen molar-refractivity contribution in [3.8, 4) is 0 Å². The van der Waals surface area contributed by atoms with Gasteiger partial charge in [-0.2, -0.15) is 0 Å². The summed E-state index contributed by atoms with van der Waals surface area (Å²) in [7, 11) is 0. The van der Waals surface area contributed by atoms with Crippen molar-refractivity contribution in [3.05, 3.63) is 0 Å². The molecule has 0 saturated heterocycles. The summed E-state index contributed by atoms with van der Waals surface area (Å²) in [5.74, 6) is -0.979. The lowest BCUT2D eigenvalue weighted by Gasteiger charge is -2.16. The van der Waals surface area contributed by atoms with E-state index in [9.17, 15) is 14.4 Å². The molecule has 0 aliphatic heterocycles. The molecule has 0 bridgehead atoms. The van der Waals surface area contributed by atoms with Gasteiger partial charge in [0.25, 0.3) is 0 Å². The summed E-state index contributed by atoms with van der Waals surface area (Å²) in [6, 6.07) is 0. The number of amides is 1. The van der Waals surface area contributed by atoms with Gasteiger partial charge < -0.3 is 14.8 Å². The van der Waals surface area contributed by atoms with Crippen LogP contribution in [0.4, 0.5) is 0 Å². The van der Waals surface area contributed by atoms with Gasteiger partial charge in [-0.25, -0.2) is 0 Å². The van der Waals surface area contributed by atoms with E-state index in [0.29, 0.717) is 13.0 Å². The number of carbonyl (C=O) groups excluding carboxylic acids is 3. The lowest BCUT2D eigenvalue weighted by Crippen LogP contribution is -2.27. The third kappa shape index (κ3) is 10.7. The van der Waals surface area contributed by atoms with Crippen molar-refractivity contribution in [1.82, 2.24) is 5.32 Å². The van der Waals surface area contributed by atoms with E-state index in [4.69, 9.17) is 9.47 Å². The largest absolute Gasteiger partial charge is 0.465 e. The first-order valence-corrected chi connectivity index (χ1v) is 5.43. The number of esters is 2. The highest BCUT2D eigenvalue weighted by molar-refractivity contribution is 5.72. The van der Waals surface area contributed by atoms with Crippen LogP contribution < -0.4 is 5.32 Å². The molecule has 0 fully saturated rings. The Balaban J connectivity index is 3.95.